The minimum absolute atomic E-state index is 0.227. The van der Waals surface area contributed by atoms with Crippen LogP contribution in [0.2, 0.25) is 0 Å². The fourth-order valence-electron chi connectivity index (χ4n) is 2.45. The fourth-order valence-corrected chi connectivity index (χ4v) is 2.45. The lowest BCUT2D eigenvalue weighted by Gasteiger charge is -2.25. The largest absolute Gasteiger partial charge is 0.497 e. The number of nitrogens with zero attached hydrogens (tertiary/aromatic N) is 1. The van der Waals surface area contributed by atoms with E-state index in [1.165, 1.54) is 5.56 Å². The highest BCUT2D eigenvalue weighted by Crippen LogP contribution is 2.31. The molecule has 0 saturated carbocycles. The van der Waals surface area contributed by atoms with E-state index in [1.807, 2.05) is 30.5 Å². The molecule has 2 atom stereocenters. The highest BCUT2D eigenvalue weighted by Gasteiger charge is 2.21. The van der Waals surface area contributed by atoms with E-state index in [0.717, 1.165) is 18.0 Å². The van der Waals surface area contributed by atoms with Crippen molar-refractivity contribution >= 4 is 0 Å². The molecule has 0 saturated heterocycles. The lowest BCUT2D eigenvalue weighted by atomic mass is 9.91. The Bertz CT molecular complexity index is 528. The van der Waals surface area contributed by atoms with Crippen LogP contribution in [-0.4, -0.2) is 18.6 Å². The molecule has 2 aromatic rings. The molecule has 1 N–H and O–H groups in total. The first kappa shape index (κ1) is 14.5. The molecule has 0 aliphatic heterocycles. The molecule has 1 heterocycles. The molecular weight excluding hydrogens is 248 g/mol. The van der Waals surface area contributed by atoms with Crippen molar-refractivity contribution in [2.24, 2.45) is 0 Å². The number of aromatic nitrogens is 1. The maximum absolute atomic E-state index is 5.33. The standard InChI is InChI=1S/C17H22N2O/c1-4-18-17(13(2)16-10-5-6-11-19-16)14-8-7-9-15(12-14)20-3/h5-13,17-18H,4H2,1-3H3. The molecule has 0 aliphatic rings. The number of hydrogen-bond acceptors (Lipinski definition) is 3. The minimum Gasteiger partial charge on any atom is -0.497 e. The van der Waals surface area contributed by atoms with Gasteiger partial charge in [0.1, 0.15) is 5.75 Å². The average Bonchev–Trinajstić information content (AvgIpc) is 2.53. The van der Waals surface area contributed by atoms with Crippen LogP contribution in [0.5, 0.6) is 5.75 Å². The van der Waals surface area contributed by atoms with Crippen LogP contribution in [-0.2, 0) is 0 Å². The lowest BCUT2D eigenvalue weighted by molar-refractivity contribution is 0.411. The van der Waals surface area contributed by atoms with E-state index >= 15 is 0 Å². The molecule has 2 rings (SSSR count). The van der Waals surface area contributed by atoms with Crippen molar-refractivity contribution in [1.82, 2.24) is 10.3 Å². The van der Waals surface area contributed by atoms with Crippen molar-refractivity contribution in [2.45, 2.75) is 25.8 Å². The predicted molar refractivity (Wildman–Crippen MR) is 82.1 cm³/mol. The highest BCUT2D eigenvalue weighted by atomic mass is 16.5. The number of likely N-dealkylation sites (N-methyl/N-ethyl adjacent to an activating group) is 1. The zero-order chi connectivity index (χ0) is 14.4. The van der Waals surface area contributed by atoms with Gasteiger partial charge in [-0.15, -0.1) is 0 Å². The van der Waals surface area contributed by atoms with Crippen molar-refractivity contribution in [2.75, 3.05) is 13.7 Å². The second-order valence-corrected chi connectivity index (χ2v) is 4.86. The fraction of sp³-hybridized carbons (Fsp3) is 0.353. The lowest BCUT2D eigenvalue weighted by Crippen LogP contribution is -2.26. The van der Waals surface area contributed by atoms with Crippen LogP contribution in [0.1, 0.15) is 37.1 Å². The van der Waals surface area contributed by atoms with E-state index < -0.39 is 0 Å². The van der Waals surface area contributed by atoms with Crippen LogP contribution < -0.4 is 10.1 Å². The van der Waals surface area contributed by atoms with Crippen LogP contribution in [0.4, 0.5) is 0 Å². The summed E-state index contributed by atoms with van der Waals surface area (Å²) in [6.45, 7) is 5.24. The van der Waals surface area contributed by atoms with E-state index in [4.69, 9.17) is 4.74 Å². The monoisotopic (exact) mass is 270 g/mol. The summed E-state index contributed by atoms with van der Waals surface area (Å²) >= 11 is 0. The number of pyridine rings is 1. The van der Waals surface area contributed by atoms with Gasteiger partial charge in [0.15, 0.2) is 0 Å². The molecule has 20 heavy (non-hydrogen) atoms. The molecule has 0 amide bonds. The van der Waals surface area contributed by atoms with Gasteiger partial charge in [-0.2, -0.15) is 0 Å². The van der Waals surface area contributed by atoms with Gasteiger partial charge in [0.05, 0.1) is 7.11 Å². The van der Waals surface area contributed by atoms with Gasteiger partial charge >= 0.3 is 0 Å². The molecular formula is C17H22N2O. The van der Waals surface area contributed by atoms with E-state index in [9.17, 15) is 0 Å². The summed E-state index contributed by atoms with van der Waals surface area (Å²) < 4.78 is 5.33. The summed E-state index contributed by atoms with van der Waals surface area (Å²) in [5, 5.41) is 3.55. The number of methoxy groups -OCH3 is 1. The molecule has 1 aromatic heterocycles. The summed E-state index contributed by atoms with van der Waals surface area (Å²) in [6, 6.07) is 14.5. The van der Waals surface area contributed by atoms with Gasteiger partial charge in [0, 0.05) is 23.9 Å². The molecule has 0 spiro atoms. The maximum Gasteiger partial charge on any atom is 0.119 e. The number of rotatable bonds is 6. The van der Waals surface area contributed by atoms with Crippen LogP contribution in [0.25, 0.3) is 0 Å². The Morgan fingerprint density at radius 3 is 2.70 bits per heavy atom. The Balaban J connectivity index is 2.30. The maximum atomic E-state index is 5.33. The van der Waals surface area contributed by atoms with Gasteiger partial charge in [-0.25, -0.2) is 0 Å². The zero-order valence-corrected chi connectivity index (χ0v) is 12.3. The number of nitrogens with one attached hydrogen (secondary N) is 1. The Kier molecular flexibility index (Phi) is 5.13. The van der Waals surface area contributed by atoms with E-state index in [-0.39, 0.29) is 6.04 Å². The first-order chi connectivity index (χ1) is 9.76. The number of benzene rings is 1. The van der Waals surface area contributed by atoms with Gasteiger partial charge in [-0.05, 0) is 36.4 Å². The van der Waals surface area contributed by atoms with Crippen molar-refractivity contribution < 1.29 is 4.74 Å². The molecule has 106 valence electrons. The summed E-state index contributed by atoms with van der Waals surface area (Å²) in [7, 11) is 1.70. The number of hydrogen-bond donors (Lipinski definition) is 1. The summed E-state index contributed by atoms with van der Waals surface area (Å²) in [4.78, 5) is 4.48. The first-order valence-corrected chi connectivity index (χ1v) is 7.04. The second-order valence-electron chi connectivity index (χ2n) is 4.86. The van der Waals surface area contributed by atoms with Gasteiger partial charge in [0.25, 0.3) is 0 Å². The molecule has 0 aliphatic carbocycles. The number of ether oxygens (including phenoxy) is 1. The van der Waals surface area contributed by atoms with Crippen LogP contribution >= 0.6 is 0 Å². The molecule has 1 aromatic carbocycles. The van der Waals surface area contributed by atoms with Crippen molar-refractivity contribution in [3.8, 4) is 5.75 Å². The van der Waals surface area contributed by atoms with Crippen molar-refractivity contribution in [3.63, 3.8) is 0 Å². The van der Waals surface area contributed by atoms with Crippen LogP contribution in [0.3, 0.4) is 0 Å². The normalized spacial score (nSPS) is 13.8. The predicted octanol–water partition coefficient (Wildman–Crippen LogP) is 3.54. The van der Waals surface area contributed by atoms with E-state index in [2.05, 4.69) is 42.3 Å². The van der Waals surface area contributed by atoms with Gasteiger partial charge in [-0.1, -0.05) is 32.0 Å². The smallest absolute Gasteiger partial charge is 0.119 e. The zero-order valence-electron chi connectivity index (χ0n) is 12.3. The summed E-state index contributed by atoms with van der Waals surface area (Å²) in [5.41, 5.74) is 2.32. The highest BCUT2D eigenvalue weighted by molar-refractivity contribution is 5.32. The quantitative estimate of drug-likeness (QED) is 0.871. The molecule has 3 nitrogen and oxygen atoms in total. The first-order valence-electron chi connectivity index (χ1n) is 7.04. The van der Waals surface area contributed by atoms with E-state index in [0.29, 0.717) is 5.92 Å². The van der Waals surface area contributed by atoms with Crippen molar-refractivity contribution in [1.29, 1.82) is 0 Å². The van der Waals surface area contributed by atoms with Crippen LogP contribution in [0, 0.1) is 0 Å². The molecule has 3 heteroatoms. The molecule has 0 radical (unpaired) electrons. The third-order valence-electron chi connectivity index (χ3n) is 3.53. The van der Waals surface area contributed by atoms with Crippen LogP contribution in [0.15, 0.2) is 48.7 Å². The molecule has 0 fully saturated rings. The van der Waals surface area contributed by atoms with Gasteiger partial charge in [0.2, 0.25) is 0 Å². The molecule has 2 unspecified atom stereocenters. The minimum atomic E-state index is 0.227. The Morgan fingerprint density at radius 1 is 1.20 bits per heavy atom. The summed E-state index contributed by atoms with van der Waals surface area (Å²) in [6.07, 6.45) is 1.85. The summed E-state index contributed by atoms with van der Waals surface area (Å²) in [5.74, 6) is 1.18. The Morgan fingerprint density at radius 2 is 2.05 bits per heavy atom. The second kappa shape index (κ2) is 7.06. The van der Waals surface area contributed by atoms with E-state index in [1.54, 1.807) is 7.11 Å². The van der Waals surface area contributed by atoms with Gasteiger partial charge in [-0.3, -0.25) is 4.98 Å². The average molecular weight is 270 g/mol. The Hall–Kier alpha value is -1.87. The Labute approximate surface area is 121 Å². The third kappa shape index (κ3) is 3.36. The molecule has 0 bridgehead atoms. The van der Waals surface area contributed by atoms with Crippen molar-refractivity contribution in [3.05, 3.63) is 59.9 Å². The van der Waals surface area contributed by atoms with Gasteiger partial charge < -0.3 is 10.1 Å². The SMILES string of the molecule is CCNC(c1cccc(OC)c1)C(C)c1ccccn1. The topological polar surface area (TPSA) is 34.1 Å². The third-order valence-corrected chi connectivity index (χ3v) is 3.53.